The summed E-state index contributed by atoms with van der Waals surface area (Å²) in [6, 6.07) is 0.276. The number of carbonyl (C=O) groups excluding carboxylic acids is 1. The molecule has 1 aliphatic heterocycles. The molecule has 2 heterocycles. The minimum absolute atomic E-state index is 0.0711. The average Bonchev–Trinajstić information content (AvgIpc) is 2.87. The Bertz CT molecular complexity index is 422. The highest BCUT2D eigenvalue weighted by molar-refractivity contribution is 7.09. The Kier molecular flexibility index (Phi) is 4.80. The van der Waals surface area contributed by atoms with E-state index in [9.17, 15) is 4.79 Å². The molecule has 1 N–H and O–H groups in total. The van der Waals surface area contributed by atoms with Crippen LogP contribution in [0.2, 0.25) is 0 Å². The molecular weight excluding hydrogens is 258 g/mol. The fourth-order valence-corrected chi connectivity index (χ4v) is 3.41. The van der Waals surface area contributed by atoms with Gasteiger partial charge in [0, 0.05) is 30.4 Å². The van der Waals surface area contributed by atoms with Crippen LogP contribution in [0.15, 0.2) is 5.38 Å². The number of rotatable bonds is 3. The van der Waals surface area contributed by atoms with Crippen LogP contribution < -0.4 is 5.32 Å². The molecule has 0 unspecified atom stereocenters. The zero-order valence-electron chi connectivity index (χ0n) is 12.0. The van der Waals surface area contributed by atoms with Crippen molar-refractivity contribution in [1.82, 2.24) is 15.2 Å². The summed E-state index contributed by atoms with van der Waals surface area (Å²) in [6.07, 6.45) is 3.07. The highest BCUT2D eigenvalue weighted by Crippen LogP contribution is 2.30. The molecule has 106 valence electrons. The van der Waals surface area contributed by atoms with E-state index in [1.54, 1.807) is 11.3 Å². The predicted molar refractivity (Wildman–Crippen MR) is 78.7 cm³/mol. The lowest BCUT2D eigenvalue weighted by Crippen LogP contribution is -2.46. The lowest BCUT2D eigenvalue weighted by atomic mass is 9.98. The molecule has 1 aromatic rings. The van der Waals surface area contributed by atoms with Crippen LogP contribution in [-0.4, -0.2) is 35.0 Å². The molecule has 0 spiro atoms. The maximum Gasteiger partial charge on any atom is 0.317 e. The van der Waals surface area contributed by atoms with E-state index in [4.69, 9.17) is 0 Å². The van der Waals surface area contributed by atoms with Crippen molar-refractivity contribution >= 4 is 17.4 Å². The third-order valence-electron chi connectivity index (χ3n) is 3.48. The molecule has 0 saturated carbocycles. The summed E-state index contributed by atoms with van der Waals surface area (Å²) in [7, 11) is 0. The molecule has 1 aliphatic rings. The Morgan fingerprint density at radius 3 is 2.74 bits per heavy atom. The molecule has 0 radical (unpaired) electrons. The molecule has 5 heteroatoms. The van der Waals surface area contributed by atoms with Gasteiger partial charge in [-0.25, -0.2) is 9.78 Å². The number of carbonyl (C=O) groups is 1. The smallest absolute Gasteiger partial charge is 0.317 e. The number of nitrogens with zero attached hydrogens (tertiary/aromatic N) is 2. The molecule has 0 bridgehead atoms. The fraction of sp³-hybridized carbons (Fsp3) is 0.714. The maximum absolute atomic E-state index is 11.9. The van der Waals surface area contributed by atoms with Crippen molar-refractivity contribution in [3.05, 3.63) is 16.1 Å². The molecule has 19 heavy (non-hydrogen) atoms. The first-order valence-corrected chi connectivity index (χ1v) is 7.97. The number of amides is 2. The molecule has 2 amide bonds. The second-order valence-corrected chi connectivity index (χ2v) is 6.29. The third kappa shape index (κ3) is 3.69. The average molecular weight is 281 g/mol. The van der Waals surface area contributed by atoms with Gasteiger partial charge in [0.2, 0.25) is 0 Å². The molecule has 1 fully saturated rings. The lowest BCUT2D eigenvalue weighted by Gasteiger charge is -2.31. The predicted octanol–water partition coefficient (Wildman–Crippen LogP) is 3.00. The van der Waals surface area contributed by atoms with Crippen molar-refractivity contribution in [3.8, 4) is 0 Å². The first-order valence-electron chi connectivity index (χ1n) is 7.10. The van der Waals surface area contributed by atoms with Crippen LogP contribution in [0.4, 0.5) is 4.79 Å². The highest BCUT2D eigenvalue weighted by Gasteiger charge is 2.25. The summed E-state index contributed by atoms with van der Waals surface area (Å²) in [5.74, 6) is 0.536. The highest BCUT2D eigenvalue weighted by atomic mass is 32.1. The normalized spacial score (nSPS) is 16.9. The number of likely N-dealkylation sites (tertiary alicyclic amines) is 1. The van der Waals surface area contributed by atoms with Crippen LogP contribution in [0.25, 0.3) is 0 Å². The Morgan fingerprint density at radius 1 is 1.53 bits per heavy atom. The minimum Gasteiger partial charge on any atom is -0.336 e. The molecule has 2 rings (SSSR count). The van der Waals surface area contributed by atoms with E-state index in [-0.39, 0.29) is 12.1 Å². The number of aromatic nitrogens is 1. The Balaban J connectivity index is 1.86. The number of aryl methyl sites for hydroxylation is 1. The molecule has 4 nitrogen and oxygen atoms in total. The van der Waals surface area contributed by atoms with E-state index < -0.39 is 0 Å². The van der Waals surface area contributed by atoms with Crippen LogP contribution in [-0.2, 0) is 6.42 Å². The van der Waals surface area contributed by atoms with E-state index in [1.165, 1.54) is 10.7 Å². The van der Waals surface area contributed by atoms with Crippen molar-refractivity contribution in [2.24, 2.45) is 0 Å². The van der Waals surface area contributed by atoms with E-state index in [0.29, 0.717) is 5.92 Å². The van der Waals surface area contributed by atoms with Gasteiger partial charge in [-0.05, 0) is 33.1 Å². The quantitative estimate of drug-likeness (QED) is 0.925. The van der Waals surface area contributed by atoms with Crippen molar-refractivity contribution in [2.75, 3.05) is 13.1 Å². The Labute approximate surface area is 119 Å². The van der Waals surface area contributed by atoms with Crippen LogP contribution in [0, 0.1) is 0 Å². The molecule has 1 aromatic heterocycles. The third-order valence-corrected chi connectivity index (χ3v) is 4.53. The maximum atomic E-state index is 11.9. The summed E-state index contributed by atoms with van der Waals surface area (Å²) in [4.78, 5) is 18.5. The van der Waals surface area contributed by atoms with Crippen molar-refractivity contribution < 1.29 is 4.79 Å². The van der Waals surface area contributed by atoms with Crippen molar-refractivity contribution in [2.45, 2.75) is 52.0 Å². The van der Waals surface area contributed by atoms with Gasteiger partial charge in [-0.2, -0.15) is 0 Å². The van der Waals surface area contributed by atoms with E-state index in [1.807, 2.05) is 18.7 Å². The molecular formula is C14H23N3OS. The summed E-state index contributed by atoms with van der Waals surface area (Å²) in [6.45, 7) is 7.80. The number of piperidine rings is 1. The standard InChI is InChI=1S/C14H23N3OS/c1-4-12-9-19-13(16-12)11-5-7-17(8-6-11)14(18)15-10(2)3/h9-11H,4-8H2,1-3H3,(H,15,18). The number of urea groups is 1. The molecule has 0 atom stereocenters. The van der Waals surface area contributed by atoms with Gasteiger partial charge in [-0.3, -0.25) is 0 Å². The van der Waals surface area contributed by atoms with Gasteiger partial charge < -0.3 is 10.2 Å². The Morgan fingerprint density at radius 2 is 2.21 bits per heavy atom. The first kappa shape index (κ1) is 14.3. The SMILES string of the molecule is CCc1csc(C2CCN(C(=O)NC(C)C)CC2)n1. The van der Waals surface area contributed by atoms with Gasteiger partial charge in [-0.1, -0.05) is 6.92 Å². The largest absolute Gasteiger partial charge is 0.336 e. The fourth-order valence-electron chi connectivity index (χ4n) is 2.34. The van der Waals surface area contributed by atoms with Crippen molar-refractivity contribution in [3.63, 3.8) is 0 Å². The summed E-state index contributed by atoms with van der Waals surface area (Å²) < 4.78 is 0. The number of thiazole rings is 1. The molecule has 0 aliphatic carbocycles. The number of nitrogens with one attached hydrogen (secondary N) is 1. The van der Waals surface area contributed by atoms with E-state index in [0.717, 1.165) is 32.4 Å². The minimum atomic E-state index is 0.0711. The lowest BCUT2D eigenvalue weighted by molar-refractivity contribution is 0.179. The summed E-state index contributed by atoms with van der Waals surface area (Å²) in [5, 5.41) is 6.36. The van der Waals surface area contributed by atoms with Gasteiger partial charge in [0.1, 0.15) is 0 Å². The summed E-state index contributed by atoms with van der Waals surface area (Å²) in [5.41, 5.74) is 1.19. The van der Waals surface area contributed by atoms with Crippen LogP contribution in [0.1, 0.15) is 50.2 Å². The zero-order chi connectivity index (χ0) is 13.8. The van der Waals surface area contributed by atoms with E-state index >= 15 is 0 Å². The zero-order valence-corrected chi connectivity index (χ0v) is 12.8. The number of hydrogen-bond acceptors (Lipinski definition) is 3. The number of hydrogen-bond donors (Lipinski definition) is 1. The molecule has 0 aromatic carbocycles. The van der Waals surface area contributed by atoms with Crippen LogP contribution in [0.5, 0.6) is 0 Å². The van der Waals surface area contributed by atoms with Gasteiger partial charge in [0.25, 0.3) is 0 Å². The van der Waals surface area contributed by atoms with Gasteiger partial charge >= 0.3 is 6.03 Å². The first-order chi connectivity index (χ1) is 9.10. The van der Waals surface area contributed by atoms with Gasteiger partial charge in [0.05, 0.1) is 10.7 Å². The second-order valence-electron chi connectivity index (χ2n) is 5.40. The second kappa shape index (κ2) is 6.37. The summed E-state index contributed by atoms with van der Waals surface area (Å²) >= 11 is 1.77. The van der Waals surface area contributed by atoms with Crippen LogP contribution in [0.3, 0.4) is 0 Å². The monoisotopic (exact) mass is 281 g/mol. The topological polar surface area (TPSA) is 45.2 Å². The van der Waals surface area contributed by atoms with E-state index in [2.05, 4.69) is 22.6 Å². The van der Waals surface area contributed by atoms with Crippen molar-refractivity contribution in [1.29, 1.82) is 0 Å². The van der Waals surface area contributed by atoms with Gasteiger partial charge in [-0.15, -0.1) is 11.3 Å². The Hall–Kier alpha value is -1.10. The molecule has 1 saturated heterocycles. The van der Waals surface area contributed by atoms with Gasteiger partial charge in [0.15, 0.2) is 0 Å². The van der Waals surface area contributed by atoms with Crippen LogP contribution >= 0.6 is 11.3 Å².